The summed E-state index contributed by atoms with van der Waals surface area (Å²) in [5.74, 6) is 3.09. The van der Waals surface area contributed by atoms with Gasteiger partial charge in [-0.25, -0.2) is 4.98 Å². The molecule has 1 unspecified atom stereocenters. The molecular formula is C17H22N6O3. The summed E-state index contributed by atoms with van der Waals surface area (Å²) >= 11 is 0. The Labute approximate surface area is 150 Å². The van der Waals surface area contributed by atoms with E-state index >= 15 is 0 Å². The number of nitrogens with zero attached hydrogens (tertiary/aromatic N) is 6. The van der Waals surface area contributed by atoms with Crippen LogP contribution in [0, 0.1) is 13.8 Å². The van der Waals surface area contributed by atoms with Gasteiger partial charge in [-0.2, -0.15) is 9.97 Å². The SMILES string of the molecule is COCCc1noc(C2CCCN(c3nc(C)nc4onc(C)c34)C2)n1. The highest BCUT2D eigenvalue weighted by Gasteiger charge is 2.29. The molecule has 0 bridgehead atoms. The van der Waals surface area contributed by atoms with E-state index in [2.05, 4.69) is 30.2 Å². The van der Waals surface area contributed by atoms with E-state index in [0.717, 1.165) is 42.8 Å². The summed E-state index contributed by atoms with van der Waals surface area (Å²) in [7, 11) is 1.66. The molecule has 3 aromatic heterocycles. The number of hydrogen-bond donors (Lipinski definition) is 0. The molecule has 1 saturated heterocycles. The van der Waals surface area contributed by atoms with Crippen molar-refractivity contribution in [3.8, 4) is 0 Å². The number of anilines is 1. The van der Waals surface area contributed by atoms with E-state index in [1.807, 2.05) is 13.8 Å². The van der Waals surface area contributed by atoms with E-state index in [9.17, 15) is 0 Å². The maximum Gasteiger partial charge on any atom is 0.263 e. The predicted octanol–water partition coefficient (Wildman–Crippen LogP) is 2.19. The summed E-state index contributed by atoms with van der Waals surface area (Å²) in [6.45, 7) is 6.04. The highest BCUT2D eigenvalue weighted by molar-refractivity contribution is 5.88. The standard InChI is InChI=1S/C17H22N6O3/c1-10-14-15(18-11(2)19-17(14)26-21-10)23-7-4-5-12(9-23)16-20-13(22-25-16)6-8-24-3/h12H,4-9H2,1-3H3. The van der Waals surface area contributed by atoms with Gasteiger partial charge in [-0.3, -0.25) is 0 Å². The van der Waals surface area contributed by atoms with Crippen molar-refractivity contribution in [2.24, 2.45) is 0 Å². The summed E-state index contributed by atoms with van der Waals surface area (Å²) in [6, 6.07) is 0. The van der Waals surface area contributed by atoms with Gasteiger partial charge in [0.1, 0.15) is 17.0 Å². The first-order chi connectivity index (χ1) is 12.7. The quantitative estimate of drug-likeness (QED) is 0.679. The van der Waals surface area contributed by atoms with Gasteiger partial charge in [0.2, 0.25) is 5.89 Å². The van der Waals surface area contributed by atoms with E-state index < -0.39 is 0 Å². The van der Waals surface area contributed by atoms with Crippen molar-refractivity contribution in [1.82, 2.24) is 25.3 Å². The van der Waals surface area contributed by atoms with Gasteiger partial charge in [0.15, 0.2) is 5.82 Å². The molecule has 26 heavy (non-hydrogen) atoms. The molecule has 0 amide bonds. The van der Waals surface area contributed by atoms with Crippen molar-refractivity contribution in [3.63, 3.8) is 0 Å². The minimum absolute atomic E-state index is 0.179. The minimum Gasteiger partial charge on any atom is -0.384 e. The first-order valence-corrected chi connectivity index (χ1v) is 8.82. The molecule has 0 radical (unpaired) electrons. The Hall–Kier alpha value is -2.55. The van der Waals surface area contributed by atoms with Crippen LogP contribution >= 0.6 is 0 Å². The van der Waals surface area contributed by atoms with Gasteiger partial charge < -0.3 is 18.7 Å². The van der Waals surface area contributed by atoms with E-state index in [1.165, 1.54) is 0 Å². The third-order valence-corrected chi connectivity index (χ3v) is 4.68. The Balaban J connectivity index is 1.59. The van der Waals surface area contributed by atoms with Crippen LogP contribution in [0.25, 0.3) is 11.1 Å². The number of aromatic nitrogens is 5. The lowest BCUT2D eigenvalue weighted by molar-refractivity contribution is 0.199. The number of ether oxygens (including phenoxy) is 1. The molecule has 9 heteroatoms. The summed E-state index contributed by atoms with van der Waals surface area (Å²) < 4.78 is 15.9. The molecule has 0 spiro atoms. The summed E-state index contributed by atoms with van der Waals surface area (Å²) in [4.78, 5) is 15.8. The number of fused-ring (bicyclic) bond motifs is 1. The molecule has 138 valence electrons. The zero-order chi connectivity index (χ0) is 18.1. The first kappa shape index (κ1) is 16.9. The number of aryl methyl sites for hydroxylation is 2. The number of methoxy groups -OCH3 is 1. The third-order valence-electron chi connectivity index (χ3n) is 4.68. The van der Waals surface area contributed by atoms with Gasteiger partial charge >= 0.3 is 0 Å². The maximum atomic E-state index is 5.50. The van der Waals surface area contributed by atoms with Gasteiger partial charge in [0, 0.05) is 26.6 Å². The summed E-state index contributed by atoms with van der Waals surface area (Å²) in [6.07, 6.45) is 2.69. The van der Waals surface area contributed by atoms with Crippen LogP contribution in [-0.2, 0) is 11.2 Å². The maximum absolute atomic E-state index is 5.50. The zero-order valence-electron chi connectivity index (χ0n) is 15.2. The van der Waals surface area contributed by atoms with Crippen molar-refractivity contribution >= 4 is 16.9 Å². The fourth-order valence-electron chi connectivity index (χ4n) is 3.40. The Morgan fingerprint density at radius 3 is 2.88 bits per heavy atom. The number of piperidine rings is 1. The Morgan fingerprint density at radius 2 is 2.04 bits per heavy atom. The zero-order valence-corrected chi connectivity index (χ0v) is 15.2. The van der Waals surface area contributed by atoms with Gasteiger partial charge in [-0.1, -0.05) is 10.3 Å². The Morgan fingerprint density at radius 1 is 1.15 bits per heavy atom. The molecule has 3 aromatic rings. The molecule has 1 aliphatic heterocycles. The van der Waals surface area contributed by atoms with Crippen LogP contribution in [0.5, 0.6) is 0 Å². The second-order valence-electron chi connectivity index (χ2n) is 6.62. The van der Waals surface area contributed by atoms with Gasteiger partial charge in [0.25, 0.3) is 5.71 Å². The smallest absolute Gasteiger partial charge is 0.263 e. The lowest BCUT2D eigenvalue weighted by Gasteiger charge is -2.32. The normalized spacial score (nSPS) is 18.0. The van der Waals surface area contributed by atoms with Gasteiger partial charge in [-0.15, -0.1) is 0 Å². The predicted molar refractivity (Wildman–Crippen MR) is 93.1 cm³/mol. The van der Waals surface area contributed by atoms with Crippen molar-refractivity contribution in [3.05, 3.63) is 23.2 Å². The molecule has 1 aliphatic rings. The van der Waals surface area contributed by atoms with Gasteiger partial charge in [0.05, 0.1) is 18.2 Å². The Kier molecular flexibility index (Phi) is 4.54. The highest BCUT2D eigenvalue weighted by atomic mass is 16.5. The molecule has 1 atom stereocenters. The molecular weight excluding hydrogens is 336 g/mol. The number of rotatable bonds is 5. The van der Waals surface area contributed by atoms with Crippen LogP contribution in [0.1, 0.15) is 42.0 Å². The van der Waals surface area contributed by atoms with Crippen LogP contribution in [0.3, 0.4) is 0 Å². The molecule has 0 aromatic carbocycles. The van der Waals surface area contributed by atoms with Crippen LogP contribution < -0.4 is 4.90 Å². The third kappa shape index (κ3) is 3.14. The van der Waals surface area contributed by atoms with Crippen LogP contribution in [0.15, 0.2) is 9.05 Å². The lowest BCUT2D eigenvalue weighted by Crippen LogP contribution is -2.35. The van der Waals surface area contributed by atoms with Crippen LogP contribution in [0.2, 0.25) is 0 Å². The van der Waals surface area contributed by atoms with Crippen molar-refractivity contribution in [1.29, 1.82) is 0 Å². The van der Waals surface area contributed by atoms with Crippen molar-refractivity contribution in [2.75, 3.05) is 31.7 Å². The second-order valence-corrected chi connectivity index (χ2v) is 6.62. The van der Waals surface area contributed by atoms with Crippen LogP contribution in [-0.4, -0.2) is 52.1 Å². The topological polar surface area (TPSA) is 103 Å². The summed E-state index contributed by atoms with van der Waals surface area (Å²) in [5.41, 5.74) is 1.34. The molecule has 1 fully saturated rings. The van der Waals surface area contributed by atoms with Crippen LogP contribution in [0.4, 0.5) is 5.82 Å². The highest BCUT2D eigenvalue weighted by Crippen LogP contribution is 2.33. The largest absolute Gasteiger partial charge is 0.384 e. The van der Waals surface area contributed by atoms with Crippen molar-refractivity contribution < 1.29 is 13.8 Å². The molecule has 0 N–H and O–H groups in total. The fourth-order valence-corrected chi connectivity index (χ4v) is 3.40. The van der Waals surface area contributed by atoms with E-state index in [0.29, 0.717) is 36.3 Å². The van der Waals surface area contributed by atoms with Gasteiger partial charge in [-0.05, 0) is 26.7 Å². The first-order valence-electron chi connectivity index (χ1n) is 8.82. The van der Waals surface area contributed by atoms with E-state index in [1.54, 1.807) is 7.11 Å². The molecule has 4 heterocycles. The van der Waals surface area contributed by atoms with E-state index in [4.69, 9.17) is 13.8 Å². The second kappa shape index (κ2) is 6.99. The molecule has 0 saturated carbocycles. The van der Waals surface area contributed by atoms with Crippen molar-refractivity contribution in [2.45, 2.75) is 39.0 Å². The Bertz CT molecular complexity index is 905. The fraction of sp³-hybridized carbons (Fsp3) is 0.588. The molecule has 9 nitrogen and oxygen atoms in total. The summed E-state index contributed by atoms with van der Waals surface area (Å²) in [5, 5.41) is 8.98. The monoisotopic (exact) mass is 358 g/mol. The minimum atomic E-state index is 0.179. The molecule has 0 aliphatic carbocycles. The number of hydrogen-bond acceptors (Lipinski definition) is 9. The lowest BCUT2D eigenvalue weighted by atomic mass is 9.97. The van der Waals surface area contributed by atoms with E-state index in [-0.39, 0.29) is 5.92 Å². The average molecular weight is 358 g/mol. The molecule has 4 rings (SSSR count). The average Bonchev–Trinajstić information content (AvgIpc) is 3.27.